The Balaban J connectivity index is 1.97. The number of hydrogen-bond donors (Lipinski definition) is 0. The Labute approximate surface area is 159 Å². The molecule has 1 aromatic heterocycles. The second kappa shape index (κ2) is 6.78. The van der Waals surface area contributed by atoms with E-state index < -0.39 is 4.92 Å². The zero-order valence-electron chi connectivity index (χ0n) is 13.9. The Morgan fingerprint density at radius 1 is 0.926 bits per heavy atom. The molecule has 4 aromatic rings. The molecule has 4 rings (SSSR count). The molecular formula is C21H12ClFN2O2. The SMILES string of the molecule is O=[N+]([O-])c1ccc(-c2cc(-c3ccccc3F)c3cc(Cl)ccc3n2)cc1. The van der Waals surface area contributed by atoms with Crippen molar-refractivity contribution in [2.75, 3.05) is 0 Å². The number of halogens is 2. The summed E-state index contributed by atoms with van der Waals surface area (Å²) in [6.45, 7) is 0. The van der Waals surface area contributed by atoms with Gasteiger partial charge in [0.05, 0.1) is 16.1 Å². The minimum absolute atomic E-state index is 0.000600. The molecule has 0 spiro atoms. The predicted molar refractivity (Wildman–Crippen MR) is 104 cm³/mol. The standard InChI is InChI=1S/C21H12ClFN2O2/c22-14-7-10-20-18(11-14)17(16-3-1-2-4-19(16)23)12-21(24-20)13-5-8-15(9-6-13)25(26)27/h1-12H. The van der Waals surface area contributed by atoms with Crippen molar-refractivity contribution in [1.29, 1.82) is 0 Å². The fourth-order valence-corrected chi connectivity index (χ4v) is 3.17. The summed E-state index contributed by atoms with van der Waals surface area (Å²) in [7, 11) is 0. The highest BCUT2D eigenvalue weighted by molar-refractivity contribution is 6.31. The maximum atomic E-state index is 14.5. The number of rotatable bonds is 3. The van der Waals surface area contributed by atoms with E-state index in [0.29, 0.717) is 32.9 Å². The molecule has 0 atom stereocenters. The molecule has 27 heavy (non-hydrogen) atoms. The number of nitrogens with zero attached hydrogens (tertiary/aromatic N) is 2. The Kier molecular flexibility index (Phi) is 4.30. The van der Waals surface area contributed by atoms with Gasteiger partial charge >= 0.3 is 0 Å². The zero-order chi connectivity index (χ0) is 19.0. The van der Waals surface area contributed by atoms with Gasteiger partial charge in [-0.25, -0.2) is 9.37 Å². The van der Waals surface area contributed by atoms with E-state index in [4.69, 9.17) is 11.6 Å². The van der Waals surface area contributed by atoms with E-state index >= 15 is 0 Å². The summed E-state index contributed by atoms with van der Waals surface area (Å²) in [6, 6.07) is 19.6. The van der Waals surface area contributed by atoms with E-state index in [9.17, 15) is 14.5 Å². The smallest absolute Gasteiger partial charge is 0.258 e. The van der Waals surface area contributed by atoms with Crippen LogP contribution in [-0.2, 0) is 0 Å². The largest absolute Gasteiger partial charge is 0.269 e. The lowest BCUT2D eigenvalue weighted by Crippen LogP contribution is -1.92. The first-order chi connectivity index (χ1) is 13.0. The Bertz CT molecular complexity index is 1180. The normalized spacial score (nSPS) is 10.9. The van der Waals surface area contributed by atoms with Crippen LogP contribution >= 0.6 is 11.6 Å². The second-order valence-corrected chi connectivity index (χ2v) is 6.44. The Hall–Kier alpha value is -3.31. The van der Waals surface area contributed by atoms with Crippen LogP contribution in [0.5, 0.6) is 0 Å². The number of nitro benzene ring substituents is 1. The van der Waals surface area contributed by atoms with Crippen molar-refractivity contribution >= 4 is 28.2 Å². The van der Waals surface area contributed by atoms with Gasteiger partial charge in [-0.2, -0.15) is 0 Å². The molecule has 6 heteroatoms. The van der Waals surface area contributed by atoms with E-state index in [2.05, 4.69) is 4.98 Å². The lowest BCUT2D eigenvalue weighted by Gasteiger charge is -2.11. The summed E-state index contributed by atoms with van der Waals surface area (Å²) >= 11 is 6.14. The van der Waals surface area contributed by atoms with E-state index in [1.165, 1.54) is 18.2 Å². The minimum Gasteiger partial charge on any atom is -0.258 e. The highest BCUT2D eigenvalue weighted by Gasteiger charge is 2.14. The third-order valence-corrected chi connectivity index (χ3v) is 4.54. The van der Waals surface area contributed by atoms with Gasteiger partial charge in [-0.3, -0.25) is 10.1 Å². The summed E-state index contributed by atoms with van der Waals surface area (Å²) in [4.78, 5) is 15.0. The monoisotopic (exact) mass is 378 g/mol. The average molecular weight is 379 g/mol. The fraction of sp³-hybridized carbons (Fsp3) is 0. The van der Waals surface area contributed by atoms with E-state index in [-0.39, 0.29) is 11.5 Å². The summed E-state index contributed by atoms with van der Waals surface area (Å²) in [5.74, 6) is -0.348. The number of benzene rings is 3. The Morgan fingerprint density at radius 3 is 2.37 bits per heavy atom. The molecule has 0 fully saturated rings. The first-order valence-electron chi connectivity index (χ1n) is 8.13. The number of hydrogen-bond acceptors (Lipinski definition) is 3. The highest BCUT2D eigenvalue weighted by Crippen LogP contribution is 2.35. The summed E-state index contributed by atoms with van der Waals surface area (Å²) in [5.41, 5.74) is 3.06. The molecule has 0 saturated heterocycles. The number of non-ortho nitro benzene ring substituents is 1. The number of nitro groups is 1. The molecule has 0 saturated carbocycles. The topological polar surface area (TPSA) is 56.0 Å². The van der Waals surface area contributed by atoms with Crippen LogP contribution in [0.4, 0.5) is 10.1 Å². The van der Waals surface area contributed by atoms with Crippen LogP contribution in [0.2, 0.25) is 5.02 Å². The van der Waals surface area contributed by atoms with Crippen LogP contribution in [-0.4, -0.2) is 9.91 Å². The van der Waals surface area contributed by atoms with Gasteiger partial charge in [0, 0.05) is 33.7 Å². The van der Waals surface area contributed by atoms with Crippen LogP contribution in [0.1, 0.15) is 0 Å². The van der Waals surface area contributed by atoms with Crippen LogP contribution in [0, 0.1) is 15.9 Å². The highest BCUT2D eigenvalue weighted by atomic mass is 35.5. The maximum absolute atomic E-state index is 14.5. The van der Waals surface area contributed by atoms with Crippen LogP contribution in [0.3, 0.4) is 0 Å². The molecule has 0 aliphatic carbocycles. The summed E-state index contributed by atoms with van der Waals surface area (Å²) in [5, 5.41) is 12.1. The molecule has 0 amide bonds. The van der Waals surface area contributed by atoms with E-state index in [1.807, 2.05) is 0 Å². The molecule has 0 radical (unpaired) electrons. The number of aromatic nitrogens is 1. The molecule has 0 N–H and O–H groups in total. The lowest BCUT2D eigenvalue weighted by atomic mass is 9.98. The van der Waals surface area contributed by atoms with Crippen LogP contribution < -0.4 is 0 Å². The predicted octanol–water partition coefficient (Wildman–Crippen LogP) is 6.27. The molecule has 1 heterocycles. The van der Waals surface area contributed by atoms with E-state index in [1.54, 1.807) is 54.6 Å². The quantitative estimate of drug-likeness (QED) is 0.312. The molecule has 4 nitrogen and oxygen atoms in total. The second-order valence-electron chi connectivity index (χ2n) is 6.00. The molecule has 0 unspecified atom stereocenters. The van der Waals surface area contributed by atoms with Crippen molar-refractivity contribution in [1.82, 2.24) is 4.98 Å². The lowest BCUT2D eigenvalue weighted by molar-refractivity contribution is -0.384. The van der Waals surface area contributed by atoms with Crippen molar-refractivity contribution in [2.45, 2.75) is 0 Å². The van der Waals surface area contributed by atoms with Gasteiger partial charge in [0.1, 0.15) is 5.82 Å². The zero-order valence-corrected chi connectivity index (χ0v) is 14.7. The van der Waals surface area contributed by atoms with Crippen molar-refractivity contribution in [2.24, 2.45) is 0 Å². The average Bonchev–Trinajstić information content (AvgIpc) is 2.68. The van der Waals surface area contributed by atoms with Crippen LogP contribution in [0.25, 0.3) is 33.3 Å². The van der Waals surface area contributed by atoms with Gasteiger partial charge < -0.3 is 0 Å². The third kappa shape index (κ3) is 3.25. The van der Waals surface area contributed by atoms with Gasteiger partial charge in [-0.05, 0) is 48.0 Å². The van der Waals surface area contributed by atoms with Crippen LogP contribution in [0.15, 0.2) is 72.8 Å². The van der Waals surface area contributed by atoms with E-state index in [0.717, 1.165) is 5.39 Å². The molecule has 132 valence electrons. The first-order valence-corrected chi connectivity index (χ1v) is 8.51. The van der Waals surface area contributed by atoms with Crippen molar-refractivity contribution in [3.63, 3.8) is 0 Å². The van der Waals surface area contributed by atoms with Crippen molar-refractivity contribution in [3.05, 3.63) is 93.8 Å². The summed E-state index contributed by atoms with van der Waals surface area (Å²) in [6.07, 6.45) is 0. The Morgan fingerprint density at radius 2 is 1.67 bits per heavy atom. The molecule has 0 bridgehead atoms. The third-order valence-electron chi connectivity index (χ3n) is 4.31. The maximum Gasteiger partial charge on any atom is 0.269 e. The van der Waals surface area contributed by atoms with Gasteiger partial charge in [0.15, 0.2) is 0 Å². The number of pyridine rings is 1. The first kappa shape index (κ1) is 17.1. The van der Waals surface area contributed by atoms with Gasteiger partial charge in [-0.15, -0.1) is 0 Å². The molecule has 3 aromatic carbocycles. The molecule has 0 aliphatic heterocycles. The molecule has 0 aliphatic rings. The molecular weight excluding hydrogens is 367 g/mol. The van der Waals surface area contributed by atoms with Gasteiger partial charge in [0.2, 0.25) is 0 Å². The van der Waals surface area contributed by atoms with Gasteiger partial charge in [0.25, 0.3) is 5.69 Å². The van der Waals surface area contributed by atoms with Crippen molar-refractivity contribution < 1.29 is 9.31 Å². The minimum atomic E-state index is -0.454. The summed E-state index contributed by atoms with van der Waals surface area (Å²) < 4.78 is 14.5. The number of fused-ring (bicyclic) bond motifs is 1. The van der Waals surface area contributed by atoms with Crippen molar-refractivity contribution in [3.8, 4) is 22.4 Å². The fourth-order valence-electron chi connectivity index (χ4n) is 3.00. The van der Waals surface area contributed by atoms with Gasteiger partial charge in [-0.1, -0.05) is 29.8 Å².